The van der Waals surface area contributed by atoms with Crippen molar-refractivity contribution < 1.29 is 32.2 Å². The molecule has 0 aliphatic rings. The Hall–Kier alpha value is -2.62. The molecule has 2 aromatic rings. The fourth-order valence-corrected chi connectivity index (χ4v) is 1.89. The van der Waals surface area contributed by atoms with Gasteiger partial charge in [-0.25, -0.2) is 9.97 Å². The number of carbonyl (C=O) groups is 1. The molecular weight excluding hydrogens is 331 g/mol. The highest BCUT2D eigenvalue weighted by Gasteiger charge is 2.58. The summed E-state index contributed by atoms with van der Waals surface area (Å²) in [5, 5.41) is 12.2. The number of hydrogen-bond donors (Lipinski definition) is 2. The van der Waals surface area contributed by atoms with Crippen molar-refractivity contribution in [3.8, 4) is 5.88 Å². The zero-order chi connectivity index (χ0) is 17.8. The number of hydrogen-bond acceptors (Lipinski definition) is 6. The van der Waals surface area contributed by atoms with Crippen LogP contribution in [-0.4, -0.2) is 40.8 Å². The minimum Gasteiger partial charge on any atom is -0.481 e. The van der Waals surface area contributed by atoms with E-state index in [0.717, 1.165) is 12.5 Å². The van der Waals surface area contributed by atoms with Crippen LogP contribution >= 0.6 is 0 Å². The van der Waals surface area contributed by atoms with E-state index in [-0.39, 0.29) is 5.56 Å². The second-order valence-electron chi connectivity index (χ2n) is 4.79. The summed E-state index contributed by atoms with van der Waals surface area (Å²) in [7, 11) is 1.41. The van der Waals surface area contributed by atoms with Gasteiger partial charge in [0.1, 0.15) is 6.26 Å². The molecular formula is C14H14F3N3O4. The van der Waals surface area contributed by atoms with Gasteiger partial charge in [-0.05, 0) is 6.07 Å². The quantitative estimate of drug-likeness (QED) is 0.826. The largest absolute Gasteiger partial charge is 0.481 e. The number of oxazole rings is 1. The molecule has 2 aromatic heterocycles. The van der Waals surface area contributed by atoms with Crippen molar-refractivity contribution in [1.29, 1.82) is 0 Å². The zero-order valence-corrected chi connectivity index (χ0v) is 12.5. The number of aromatic nitrogens is 2. The van der Waals surface area contributed by atoms with Crippen molar-refractivity contribution in [2.75, 3.05) is 13.7 Å². The first kappa shape index (κ1) is 17.7. The van der Waals surface area contributed by atoms with Gasteiger partial charge in [-0.2, -0.15) is 13.2 Å². The molecule has 1 atom stereocenters. The average Bonchev–Trinajstić information content (AvgIpc) is 3.08. The highest BCUT2D eigenvalue weighted by atomic mass is 19.4. The molecule has 2 heterocycles. The highest BCUT2D eigenvalue weighted by Crippen LogP contribution is 2.40. The van der Waals surface area contributed by atoms with Gasteiger partial charge in [0.05, 0.1) is 18.9 Å². The van der Waals surface area contributed by atoms with Gasteiger partial charge in [0.15, 0.2) is 0 Å². The summed E-state index contributed by atoms with van der Waals surface area (Å²) in [6.45, 7) is -0.455. The summed E-state index contributed by atoms with van der Waals surface area (Å²) in [5.41, 5.74) is -3.15. The molecule has 130 valence electrons. The lowest BCUT2D eigenvalue weighted by Gasteiger charge is -2.27. The summed E-state index contributed by atoms with van der Waals surface area (Å²) in [5.74, 6) is -1.22. The van der Waals surface area contributed by atoms with E-state index in [0.29, 0.717) is 5.88 Å². The number of ether oxygens (including phenoxy) is 1. The van der Waals surface area contributed by atoms with Gasteiger partial charge in [0, 0.05) is 25.2 Å². The van der Waals surface area contributed by atoms with Gasteiger partial charge >= 0.3 is 6.18 Å². The van der Waals surface area contributed by atoms with E-state index in [9.17, 15) is 23.1 Å². The number of nitrogens with zero attached hydrogens (tertiary/aromatic N) is 2. The number of carbonyl (C=O) groups excluding carboxylic acids is 1. The third-order valence-electron chi connectivity index (χ3n) is 3.24. The van der Waals surface area contributed by atoms with Crippen molar-refractivity contribution in [1.82, 2.24) is 15.3 Å². The predicted molar refractivity (Wildman–Crippen MR) is 74.2 cm³/mol. The topological polar surface area (TPSA) is 97.5 Å². The van der Waals surface area contributed by atoms with Gasteiger partial charge in [-0.3, -0.25) is 4.79 Å². The Morgan fingerprint density at radius 2 is 2.12 bits per heavy atom. The fraction of sp³-hybridized carbons (Fsp3) is 0.357. The van der Waals surface area contributed by atoms with Crippen LogP contribution in [0.4, 0.5) is 13.2 Å². The molecule has 1 amide bonds. The van der Waals surface area contributed by atoms with Gasteiger partial charge in [-0.1, -0.05) is 0 Å². The third-order valence-corrected chi connectivity index (χ3v) is 3.24. The SMILES string of the molecule is COc1ccc(C(=O)NCCC(O)(c2ncco2)C(F)(F)F)cn1. The summed E-state index contributed by atoms with van der Waals surface area (Å²) in [4.78, 5) is 19.0. The summed E-state index contributed by atoms with van der Waals surface area (Å²) < 4.78 is 48.7. The zero-order valence-electron chi connectivity index (χ0n) is 12.5. The van der Waals surface area contributed by atoms with E-state index in [1.54, 1.807) is 0 Å². The van der Waals surface area contributed by atoms with Crippen LogP contribution in [0.3, 0.4) is 0 Å². The number of rotatable bonds is 6. The van der Waals surface area contributed by atoms with Crippen molar-refractivity contribution in [3.05, 3.63) is 42.2 Å². The van der Waals surface area contributed by atoms with Crippen LogP contribution in [0.25, 0.3) is 0 Å². The van der Waals surface area contributed by atoms with Crippen LogP contribution in [0, 0.1) is 0 Å². The first-order valence-corrected chi connectivity index (χ1v) is 6.75. The molecule has 0 saturated carbocycles. The van der Waals surface area contributed by atoms with Crippen LogP contribution in [0.5, 0.6) is 5.88 Å². The van der Waals surface area contributed by atoms with Crippen LogP contribution in [0.15, 0.2) is 35.2 Å². The molecule has 7 nitrogen and oxygen atoms in total. The normalized spacial score (nSPS) is 14.0. The van der Waals surface area contributed by atoms with E-state index >= 15 is 0 Å². The van der Waals surface area contributed by atoms with Crippen molar-refractivity contribution >= 4 is 5.91 Å². The Labute approximate surface area is 134 Å². The maximum atomic E-state index is 13.1. The van der Waals surface area contributed by atoms with Crippen LogP contribution in [0.2, 0.25) is 0 Å². The first-order valence-electron chi connectivity index (χ1n) is 6.75. The van der Waals surface area contributed by atoms with E-state index in [1.807, 2.05) is 0 Å². The fourth-order valence-electron chi connectivity index (χ4n) is 1.89. The van der Waals surface area contributed by atoms with Crippen molar-refractivity contribution in [2.24, 2.45) is 0 Å². The maximum absolute atomic E-state index is 13.1. The van der Waals surface area contributed by atoms with Crippen molar-refractivity contribution in [3.63, 3.8) is 0 Å². The lowest BCUT2D eigenvalue weighted by atomic mass is 9.99. The molecule has 0 aliphatic heterocycles. The van der Waals surface area contributed by atoms with Gasteiger partial charge in [-0.15, -0.1) is 0 Å². The van der Waals surface area contributed by atoms with Gasteiger partial charge < -0.3 is 19.6 Å². The highest BCUT2D eigenvalue weighted by molar-refractivity contribution is 5.93. The lowest BCUT2D eigenvalue weighted by Crippen LogP contribution is -2.45. The molecule has 2 N–H and O–H groups in total. The molecule has 0 fully saturated rings. The predicted octanol–water partition coefficient (Wildman–Crippen LogP) is 1.65. The van der Waals surface area contributed by atoms with Crippen LogP contribution < -0.4 is 10.1 Å². The number of amides is 1. The standard InChI is InChI=1S/C14H14F3N3O4/c1-23-10-3-2-9(8-20-10)11(21)18-5-4-13(22,14(15,16)17)12-19-6-7-24-12/h2-3,6-8,22H,4-5H2,1H3,(H,18,21). The number of aliphatic hydroxyl groups is 1. The monoisotopic (exact) mass is 345 g/mol. The van der Waals surface area contributed by atoms with E-state index in [1.165, 1.54) is 25.4 Å². The van der Waals surface area contributed by atoms with Crippen LogP contribution in [-0.2, 0) is 5.60 Å². The van der Waals surface area contributed by atoms with Gasteiger partial charge in [0.2, 0.25) is 17.4 Å². The first-order chi connectivity index (χ1) is 11.3. The molecule has 10 heteroatoms. The van der Waals surface area contributed by atoms with Crippen molar-refractivity contribution in [2.45, 2.75) is 18.2 Å². The molecule has 0 spiro atoms. The number of halogens is 3. The second-order valence-corrected chi connectivity index (χ2v) is 4.79. The third kappa shape index (κ3) is 3.65. The van der Waals surface area contributed by atoms with Crippen LogP contribution in [0.1, 0.15) is 22.7 Å². The minimum atomic E-state index is -5.01. The number of pyridine rings is 1. The molecule has 0 bridgehead atoms. The molecule has 0 aromatic carbocycles. The molecule has 0 saturated heterocycles. The lowest BCUT2D eigenvalue weighted by molar-refractivity contribution is -0.276. The Morgan fingerprint density at radius 1 is 1.38 bits per heavy atom. The van der Waals surface area contributed by atoms with Gasteiger partial charge in [0.25, 0.3) is 5.91 Å². The molecule has 2 rings (SSSR count). The van der Waals surface area contributed by atoms with E-state index in [4.69, 9.17) is 4.74 Å². The Morgan fingerprint density at radius 3 is 2.62 bits per heavy atom. The summed E-state index contributed by atoms with van der Waals surface area (Å²) in [6.07, 6.45) is -2.73. The number of methoxy groups -OCH3 is 1. The molecule has 1 unspecified atom stereocenters. The Kier molecular flexibility index (Phi) is 5.07. The Bertz CT molecular complexity index is 674. The van der Waals surface area contributed by atoms with E-state index < -0.39 is 36.5 Å². The molecule has 24 heavy (non-hydrogen) atoms. The second kappa shape index (κ2) is 6.87. The molecule has 0 aliphatic carbocycles. The number of alkyl halides is 3. The molecule has 0 radical (unpaired) electrons. The van der Waals surface area contributed by atoms with E-state index in [2.05, 4.69) is 19.7 Å². The number of nitrogens with one attached hydrogen (secondary N) is 1. The Balaban J connectivity index is 2.01. The maximum Gasteiger partial charge on any atom is 0.426 e. The minimum absolute atomic E-state index is 0.141. The average molecular weight is 345 g/mol. The summed E-state index contributed by atoms with van der Waals surface area (Å²) in [6, 6.07) is 2.85. The smallest absolute Gasteiger partial charge is 0.426 e. The summed E-state index contributed by atoms with van der Waals surface area (Å²) >= 11 is 0.